The molecular formula is C28H20Cl2N2O6S. The number of hydrogen-bond donors (Lipinski definition) is 1. The molecule has 0 spiro atoms. The van der Waals surface area contributed by atoms with Gasteiger partial charge in [-0.3, -0.25) is 9.36 Å². The number of halogens is 2. The average Bonchev–Trinajstić information content (AvgIpc) is 3.48. The number of aromatic nitrogens is 1. The fraction of sp³-hybridized carbons (Fsp3) is 0.143. The smallest absolute Gasteiger partial charge is 0.338 e. The predicted molar refractivity (Wildman–Crippen MR) is 148 cm³/mol. The van der Waals surface area contributed by atoms with Crippen molar-refractivity contribution in [2.75, 3.05) is 6.61 Å². The minimum absolute atomic E-state index is 0.0459. The molecule has 0 amide bonds. The van der Waals surface area contributed by atoms with Crippen LogP contribution in [-0.4, -0.2) is 28.2 Å². The maximum absolute atomic E-state index is 13.7. The summed E-state index contributed by atoms with van der Waals surface area (Å²) in [5, 5.41) is 10.0. The lowest BCUT2D eigenvalue weighted by Crippen LogP contribution is -2.39. The zero-order chi connectivity index (χ0) is 27.8. The number of nitrogens with zero attached hydrogens (tertiary/aromatic N) is 2. The van der Waals surface area contributed by atoms with Crippen molar-refractivity contribution in [3.63, 3.8) is 0 Å². The molecule has 0 radical (unpaired) electrons. The van der Waals surface area contributed by atoms with Crippen molar-refractivity contribution in [2.24, 2.45) is 4.99 Å². The summed E-state index contributed by atoms with van der Waals surface area (Å²) in [7, 11) is 0. The summed E-state index contributed by atoms with van der Waals surface area (Å²) in [6.45, 7) is 3.60. The van der Waals surface area contributed by atoms with E-state index in [0.717, 1.165) is 11.3 Å². The number of thiazole rings is 1. The van der Waals surface area contributed by atoms with Crippen LogP contribution in [0, 0.1) is 0 Å². The number of benzene rings is 2. The molecule has 11 heteroatoms. The summed E-state index contributed by atoms with van der Waals surface area (Å²) in [6.07, 6.45) is 1.59. The molecule has 8 nitrogen and oxygen atoms in total. The molecule has 4 aromatic rings. The van der Waals surface area contributed by atoms with E-state index in [0.29, 0.717) is 42.7 Å². The van der Waals surface area contributed by atoms with Gasteiger partial charge in [0.05, 0.1) is 39.0 Å². The number of aromatic carboxylic acids is 1. The second kappa shape index (κ2) is 10.7. The van der Waals surface area contributed by atoms with Crippen LogP contribution < -0.4 is 14.9 Å². The van der Waals surface area contributed by atoms with Gasteiger partial charge in [-0.15, -0.1) is 0 Å². The van der Waals surface area contributed by atoms with Crippen molar-refractivity contribution in [2.45, 2.75) is 19.9 Å². The third-order valence-electron chi connectivity index (χ3n) is 6.08. The lowest BCUT2D eigenvalue weighted by molar-refractivity contribution is -0.139. The Labute approximate surface area is 235 Å². The minimum Gasteiger partial charge on any atom is -0.478 e. The van der Waals surface area contributed by atoms with Crippen LogP contribution in [0.25, 0.3) is 17.4 Å². The highest BCUT2D eigenvalue weighted by atomic mass is 35.5. The van der Waals surface area contributed by atoms with E-state index in [9.17, 15) is 19.5 Å². The molecule has 3 heterocycles. The second-order valence-corrected chi connectivity index (χ2v) is 10.4. The number of carbonyl (C=O) groups is 2. The second-order valence-electron chi connectivity index (χ2n) is 8.56. The Kier molecular flexibility index (Phi) is 7.31. The largest absolute Gasteiger partial charge is 0.478 e. The minimum atomic E-state index is -1.15. The van der Waals surface area contributed by atoms with Crippen molar-refractivity contribution in [1.82, 2.24) is 4.57 Å². The zero-order valence-corrected chi connectivity index (χ0v) is 22.9. The van der Waals surface area contributed by atoms with Crippen LogP contribution in [0.3, 0.4) is 0 Å². The molecule has 0 saturated heterocycles. The van der Waals surface area contributed by atoms with Gasteiger partial charge < -0.3 is 14.3 Å². The Hall–Kier alpha value is -3.92. The van der Waals surface area contributed by atoms with Crippen molar-refractivity contribution in [3.8, 4) is 11.3 Å². The number of fused-ring (bicyclic) bond motifs is 1. The average molecular weight is 583 g/mol. The van der Waals surface area contributed by atoms with Gasteiger partial charge in [-0.25, -0.2) is 14.6 Å². The zero-order valence-electron chi connectivity index (χ0n) is 20.6. The molecule has 0 bridgehead atoms. The molecule has 0 aliphatic carbocycles. The first kappa shape index (κ1) is 26.7. The van der Waals surface area contributed by atoms with Crippen LogP contribution in [0.5, 0.6) is 0 Å². The standard InChI is InChI=1S/C28H20Cl2N2O6S/c1-3-37-27(36)23-14(2)31-28-32(24(23)15-4-7-17(29)8-5-15)25(33)22(39-28)13-18-9-11-21(38-18)16-6-10-20(30)19(12-16)26(34)35/h4-13,24H,3H2,1-2H3,(H,34,35)/b22-13-/t24-/m1/s1. The highest BCUT2D eigenvalue weighted by Crippen LogP contribution is 2.31. The lowest BCUT2D eigenvalue weighted by atomic mass is 9.96. The maximum Gasteiger partial charge on any atom is 0.338 e. The first-order valence-electron chi connectivity index (χ1n) is 11.8. The summed E-state index contributed by atoms with van der Waals surface area (Å²) in [6, 6.07) is 14.1. The number of hydrogen-bond acceptors (Lipinski definition) is 7. The summed E-state index contributed by atoms with van der Waals surface area (Å²) in [5.41, 5.74) is 1.53. The van der Waals surface area contributed by atoms with Crippen molar-refractivity contribution in [3.05, 3.63) is 112 Å². The van der Waals surface area contributed by atoms with E-state index in [1.165, 1.54) is 16.7 Å². The van der Waals surface area contributed by atoms with Crippen LogP contribution in [0.2, 0.25) is 10.0 Å². The normalized spacial score (nSPS) is 15.2. The van der Waals surface area contributed by atoms with Gasteiger partial charge in [-0.05, 0) is 61.9 Å². The number of carboxylic acids is 1. The fourth-order valence-electron chi connectivity index (χ4n) is 4.31. The highest BCUT2D eigenvalue weighted by molar-refractivity contribution is 7.07. The van der Waals surface area contributed by atoms with E-state index in [1.54, 1.807) is 62.4 Å². The molecule has 0 unspecified atom stereocenters. The Morgan fingerprint density at radius 3 is 2.59 bits per heavy atom. The van der Waals surface area contributed by atoms with Gasteiger partial charge in [0, 0.05) is 16.7 Å². The number of ether oxygens (including phenoxy) is 1. The van der Waals surface area contributed by atoms with Crippen molar-refractivity contribution < 1.29 is 23.8 Å². The molecule has 2 aromatic carbocycles. The van der Waals surface area contributed by atoms with Crippen LogP contribution in [0.1, 0.15) is 41.6 Å². The maximum atomic E-state index is 13.7. The van der Waals surface area contributed by atoms with Crippen molar-refractivity contribution >= 4 is 52.6 Å². The molecular weight excluding hydrogens is 563 g/mol. The third kappa shape index (κ3) is 5.08. The number of esters is 1. The van der Waals surface area contributed by atoms with Gasteiger partial charge >= 0.3 is 11.9 Å². The van der Waals surface area contributed by atoms with Crippen LogP contribution in [-0.2, 0) is 9.53 Å². The van der Waals surface area contributed by atoms with E-state index < -0.39 is 18.0 Å². The first-order valence-corrected chi connectivity index (χ1v) is 13.3. The number of carbonyl (C=O) groups excluding carboxylic acids is 1. The molecule has 2 aromatic heterocycles. The van der Waals surface area contributed by atoms with Gasteiger partial charge in [-0.2, -0.15) is 0 Å². The van der Waals surface area contributed by atoms with Gasteiger partial charge in [0.2, 0.25) is 0 Å². The Morgan fingerprint density at radius 2 is 1.90 bits per heavy atom. The Bertz CT molecular complexity index is 1830. The van der Waals surface area contributed by atoms with E-state index in [4.69, 9.17) is 32.4 Å². The molecule has 1 aliphatic rings. The number of carboxylic acid groups (broad SMARTS) is 1. The molecule has 5 rings (SSSR count). The summed E-state index contributed by atoms with van der Waals surface area (Å²) in [5.74, 6) is -0.908. The van der Waals surface area contributed by atoms with Crippen LogP contribution in [0.15, 0.2) is 80.1 Å². The van der Waals surface area contributed by atoms with Crippen LogP contribution in [0.4, 0.5) is 0 Å². The molecule has 1 N–H and O–H groups in total. The SMILES string of the molecule is CCOC(=O)C1=C(C)N=c2s/c(=C\c3ccc(-c4ccc(Cl)c(C(=O)O)c4)o3)c(=O)n2[C@@H]1c1ccc(Cl)cc1. The molecule has 0 saturated carbocycles. The van der Waals surface area contributed by atoms with E-state index in [-0.39, 0.29) is 28.3 Å². The summed E-state index contributed by atoms with van der Waals surface area (Å²) in [4.78, 5) is 43.1. The van der Waals surface area contributed by atoms with Crippen LogP contribution >= 0.6 is 34.5 Å². The molecule has 0 fully saturated rings. The quantitative estimate of drug-likeness (QED) is 0.318. The number of allylic oxidation sites excluding steroid dienone is 1. The summed E-state index contributed by atoms with van der Waals surface area (Å²) < 4.78 is 13.0. The van der Waals surface area contributed by atoms with E-state index >= 15 is 0 Å². The Morgan fingerprint density at radius 1 is 1.15 bits per heavy atom. The molecule has 39 heavy (non-hydrogen) atoms. The first-order chi connectivity index (χ1) is 18.7. The van der Waals surface area contributed by atoms with E-state index in [2.05, 4.69) is 4.99 Å². The molecule has 198 valence electrons. The fourth-order valence-corrected chi connectivity index (χ4v) is 5.66. The van der Waals surface area contributed by atoms with E-state index in [1.807, 2.05) is 0 Å². The van der Waals surface area contributed by atoms with Crippen molar-refractivity contribution in [1.29, 1.82) is 0 Å². The number of rotatable bonds is 6. The topological polar surface area (TPSA) is 111 Å². The highest BCUT2D eigenvalue weighted by Gasteiger charge is 2.33. The van der Waals surface area contributed by atoms with Gasteiger partial charge in [-0.1, -0.05) is 46.7 Å². The van der Waals surface area contributed by atoms with Gasteiger partial charge in [0.1, 0.15) is 11.5 Å². The molecule has 1 atom stereocenters. The third-order valence-corrected chi connectivity index (χ3v) is 7.65. The monoisotopic (exact) mass is 582 g/mol. The predicted octanol–water partition coefficient (Wildman–Crippen LogP) is 5.06. The lowest BCUT2D eigenvalue weighted by Gasteiger charge is -2.24. The Balaban J connectivity index is 1.61. The van der Waals surface area contributed by atoms with Gasteiger partial charge in [0.15, 0.2) is 4.80 Å². The number of furan rings is 1. The molecule has 1 aliphatic heterocycles. The summed E-state index contributed by atoms with van der Waals surface area (Å²) >= 11 is 13.2. The van der Waals surface area contributed by atoms with Gasteiger partial charge in [0.25, 0.3) is 5.56 Å².